The van der Waals surface area contributed by atoms with E-state index < -0.39 is 0 Å². The van der Waals surface area contributed by atoms with Crippen molar-refractivity contribution in [3.63, 3.8) is 0 Å². The molecule has 0 N–H and O–H groups in total. The Morgan fingerprint density at radius 2 is 2.06 bits per heavy atom. The molecule has 3 heteroatoms. The maximum Gasteiger partial charge on any atom is 0.0992 e. The molecular weight excluding hydrogens is 198 g/mol. The van der Waals surface area contributed by atoms with Gasteiger partial charge in [0, 0.05) is 13.2 Å². The Morgan fingerprint density at radius 3 is 2.62 bits per heavy atom. The Labute approximate surface area is 95.5 Å². The van der Waals surface area contributed by atoms with Gasteiger partial charge in [-0.25, -0.2) is 4.98 Å². The van der Waals surface area contributed by atoms with Crippen LogP contribution in [0.1, 0.15) is 18.2 Å². The number of hydrogen-bond donors (Lipinski definition) is 0. The Balaban J connectivity index is 2.11. The molecule has 3 nitrogen and oxygen atoms in total. The van der Waals surface area contributed by atoms with Crippen molar-refractivity contribution >= 4 is 11.9 Å². The van der Waals surface area contributed by atoms with Gasteiger partial charge in [-0.15, -0.1) is 0 Å². The first-order chi connectivity index (χ1) is 7.78. The smallest absolute Gasteiger partial charge is 0.0992 e. The van der Waals surface area contributed by atoms with Crippen molar-refractivity contribution in [1.82, 2.24) is 9.55 Å². The highest BCUT2D eigenvalue weighted by atomic mass is 15.0. The van der Waals surface area contributed by atoms with Crippen LogP contribution in [0.5, 0.6) is 0 Å². The Kier molecular flexibility index (Phi) is 3.15. The van der Waals surface area contributed by atoms with Gasteiger partial charge in [0.25, 0.3) is 0 Å². The summed E-state index contributed by atoms with van der Waals surface area (Å²) in [4.78, 5) is 8.54. The number of imidazole rings is 1. The summed E-state index contributed by atoms with van der Waals surface area (Å²) < 4.78 is 1.90. The van der Waals surface area contributed by atoms with Crippen LogP contribution in [0.25, 0.3) is 0 Å². The molecule has 0 unspecified atom stereocenters. The van der Waals surface area contributed by atoms with E-state index >= 15 is 0 Å². The quantitative estimate of drug-likeness (QED) is 0.721. The minimum atomic E-state index is 0.877. The Hall–Kier alpha value is -1.90. The second-order valence-corrected chi connectivity index (χ2v) is 3.74. The molecular formula is C13H15N3. The number of aromatic nitrogens is 2. The molecule has 1 heterocycles. The molecule has 0 saturated heterocycles. The largest absolute Gasteiger partial charge is 0.340 e. The Morgan fingerprint density at radius 1 is 1.31 bits per heavy atom. The van der Waals surface area contributed by atoms with Crippen LogP contribution in [0.15, 0.2) is 41.8 Å². The van der Waals surface area contributed by atoms with E-state index in [2.05, 4.69) is 29.0 Å². The van der Waals surface area contributed by atoms with Crippen molar-refractivity contribution in [3.05, 3.63) is 48.0 Å². The van der Waals surface area contributed by atoms with Crippen LogP contribution in [0.4, 0.5) is 5.69 Å². The average Bonchev–Trinajstić information content (AvgIpc) is 2.73. The third-order valence-electron chi connectivity index (χ3n) is 2.42. The van der Waals surface area contributed by atoms with E-state index in [1.54, 1.807) is 12.5 Å². The van der Waals surface area contributed by atoms with E-state index in [1.807, 2.05) is 29.9 Å². The molecule has 2 aromatic rings. The van der Waals surface area contributed by atoms with Gasteiger partial charge in [0.1, 0.15) is 0 Å². The number of aliphatic imine (C=N–C) groups is 1. The van der Waals surface area contributed by atoms with Gasteiger partial charge in [0.15, 0.2) is 0 Å². The second kappa shape index (κ2) is 4.75. The van der Waals surface area contributed by atoms with Gasteiger partial charge in [-0.05, 0) is 24.1 Å². The van der Waals surface area contributed by atoms with Gasteiger partial charge >= 0.3 is 0 Å². The SMILES string of the molecule is CCc1ccc(N=Cc2cn(C)cn2)cc1. The predicted molar refractivity (Wildman–Crippen MR) is 66.3 cm³/mol. The van der Waals surface area contributed by atoms with Crippen molar-refractivity contribution in [3.8, 4) is 0 Å². The summed E-state index contributed by atoms with van der Waals surface area (Å²) in [6.45, 7) is 2.15. The van der Waals surface area contributed by atoms with Crippen LogP contribution in [0, 0.1) is 0 Å². The molecule has 0 aliphatic heterocycles. The fourth-order valence-corrected chi connectivity index (χ4v) is 1.46. The summed E-state index contributed by atoms with van der Waals surface area (Å²) >= 11 is 0. The summed E-state index contributed by atoms with van der Waals surface area (Å²) in [5.41, 5.74) is 3.17. The summed E-state index contributed by atoms with van der Waals surface area (Å²) in [5, 5.41) is 0. The molecule has 0 aliphatic carbocycles. The highest BCUT2D eigenvalue weighted by Crippen LogP contribution is 2.13. The standard InChI is InChI=1S/C13H15N3/c1-3-11-4-6-12(7-5-11)14-8-13-9-16(2)10-15-13/h4-10H,3H2,1-2H3. The zero-order valence-electron chi connectivity index (χ0n) is 9.59. The zero-order valence-corrected chi connectivity index (χ0v) is 9.59. The lowest BCUT2D eigenvalue weighted by Crippen LogP contribution is -1.81. The lowest BCUT2D eigenvalue weighted by molar-refractivity contribution is 0.913. The second-order valence-electron chi connectivity index (χ2n) is 3.74. The van der Waals surface area contributed by atoms with Crippen LogP contribution in [0.2, 0.25) is 0 Å². The first kappa shape index (κ1) is 10.6. The van der Waals surface area contributed by atoms with Crippen LogP contribution in [-0.4, -0.2) is 15.8 Å². The van der Waals surface area contributed by atoms with E-state index in [-0.39, 0.29) is 0 Å². The molecule has 0 bridgehead atoms. The topological polar surface area (TPSA) is 30.2 Å². The minimum absolute atomic E-state index is 0.877. The summed E-state index contributed by atoms with van der Waals surface area (Å²) in [6.07, 6.45) is 6.54. The molecule has 0 saturated carbocycles. The number of rotatable bonds is 3. The normalized spacial score (nSPS) is 11.1. The van der Waals surface area contributed by atoms with Crippen LogP contribution >= 0.6 is 0 Å². The summed E-state index contributed by atoms with van der Waals surface area (Å²) in [5.74, 6) is 0. The van der Waals surface area contributed by atoms with Crippen molar-refractivity contribution in [2.75, 3.05) is 0 Å². The van der Waals surface area contributed by atoms with Crippen molar-refractivity contribution in [2.45, 2.75) is 13.3 Å². The van der Waals surface area contributed by atoms with Gasteiger partial charge in [-0.3, -0.25) is 4.99 Å². The average molecular weight is 213 g/mol. The predicted octanol–water partition coefficient (Wildman–Crippen LogP) is 2.73. The number of benzene rings is 1. The molecule has 0 aliphatic rings. The van der Waals surface area contributed by atoms with Crippen molar-refractivity contribution in [1.29, 1.82) is 0 Å². The lowest BCUT2D eigenvalue weighted by Gasteiger charge is -1.96. The number of nitrogens with zero attached hydrogens (tertiary/aromatic N) is 3. The van der Waals surface area contributed by atoms with Crippen molar-refractivity contribution < 1.29 is 0 Å². The molecule has 0 atom stereocenters. The Bertz CT molecular complexity index is 480. The maximum atomic E-state index is 4.36. The third-order valence-corrected chi connectivity index (χ3v) is 2.42. The van der Waals surface area contributed by atoms with Crippen molar-refractivity contribution in [2.24, 2.45) is 12.0 Å². The van der Waals surface area contributed by atoms with Gasteiger partial charge in [-0.2, -0.15) is 0 Å². The molecule has 16 heavy (non-hydrogen) atoms. The summed E-state index contributed by atoms with van der Waals surface area (Å²) in [6, 6.07) is 8.26. The highest BCUT2D eigenvalue weighted by Gasteiger charge is 1.92. The van der Waals surface area contributed by atoms with Crippen LogP contribution in [-0.2, 0) is 13.5 Å². The molecule has 82 valence electrons. The lowest BCUT2D eigenvalue weighted by atomic mass is 10.1. The molecule has 0 fully saturated rings. The fraction of sp³-hybridized carbons (Fsp3) is 0.231. The third kappa shape index (κ3) is 2.57. The summed E-state index contributed by atoms with van der Waals surface area (Å²) in [7, 11) is 1.94. The first-order valence-corrected chi connectivity index (χ1v) is 5.39. The maximum absolute atomic E-state index is 4.36. The van der Waals surface area contributed by atoms with E-state index in [1.165, 1.54) is 5.56 Å². The van der Waals surface area contributed by atoms with E-state index in [9.17, 15) is 0 Å². The highest BCUT2D eigenvalue weighted by molar-refractivity contribution is 5.79. The van der Waals surface area contributed by atoms with Gasteiger partial charge in [0.2, 0.25) is 0 Å². The minimum Gasteiger partial charge on any atom is -0.340 e. The number of hydrogen-bond acceptors (Lipinski definition) is 2. The molecule has 0 amide bonds. The first-order valence-electron chi connectivity index (χ1n) is 5.39. The molecule has 0 radical (unpaired) electrons. The van der Waals surface area contributed by atoms with E-state index in [0.29, 0.717) is 0 Å². The van der Waals surface area contributed by atoms with Crippen LogP contribution in [0.3, 0.4) is 0 Å². The number of aryl methyl sites for hydroxylation is 2. The van der Waals surface area contributed by atoms with Gasteiger partial charge in [0.05, 0.1) is 23.9 Å². The fourth-order valence-electron chi connectivity index (χ4n) is 1.46. The molecule has 0 spiro atoms. The van der Waals surface area contributed by atoms with Crippen LogP contribution < -0.4 is 0 Å². The molecule has 1 aromatic carbocycles. The molecule has 2 rings (SSSR count). The molecule has 1 aromatic heterocycles. The zero-order chi connectivity index (χ0) is 11.4. The monoisotopic (exact) mass is 213 g/mol. The van der Waals surface area contributed by atoms with E-state index in [4.69, 9.17) is 0 Å². The van der Waals surface area contributed by atoms with Gasteiger partial charge in [-0.1, -0.05) is 19.1 Å². The van der Waals surface area contributed by atoms with Gasteiger partial charge < -0.3 is 4.57 Å². The van der Waals surface area contributed by atoms with E-state index in [0.717, 1.165) is 17.8 Å².